The van der Waals surface area contributed by atoms with Crippen molar-refractivity contribution in [1.82, 2.24) is 5.32 Å². The molecule has 1 aromatic rings. The van der Waals surface area contributed by atoms with Crippen LogP contribution >= 0.6 is 23.2 Å². The highest BCUT2D eigenvalue weighted by Gasteiger charge is 2.12. The average Bonchev–Trinajstić information content (AvgIpc) is 2.24. The molecule has 0 bridgehead atoms. The van der Waals surface area contributed by atoms with E-state index in [0.717, 1.165) is 0 Å². The van der Waals surface area contributed by atoms with Crippen molar-refractivity contribution in [2.24, 2.45) is 5.92 Å². The van der Waals surface area contributed by atoms with E-state index in [1.165, 1.54) is 0 Å². The second kappa shape index (κ2) is 6.43. The first-order valence-electron chi connectivity index (χ1n) is 5.28. The number of nitrogens with one attached hydrogen (secondary N) is 1. The van der Waals surface area contributed by atoms with E-state index in [-0.39, 0.29) is 16.9 Å². The molecule has 1 aromatic carbocycles. The highest BCUT2D eigenvalue weighted by atomic mass is 35.5. The molecule has 0 spiro atoms. The molecule has 4 heteroatoms. The van der Waals surface area contributed by atoms with E-state index in [9.17, 15) is 4.39 Å². The normalized spacial score (nSPS) is 13.1. The van der Waals surface area contributed by atoms with Crippen LogP contribution in [0.4, 0.5) is 4.39 Å². The first-order valence-corrected chi connectivity index (χ1v) is 6.19. The summed E-state index contributed by atoms with van der Waals surface area (Å²) in [7, 11) is 0. The first kappa shape index (κ1) is 13.8. The molecular weight excluding hydrogens is 248 g/mol. The van der Waals surface area contributed by atoms with Crippen LogP contribution in [0.25, 0.3) is 0 Å². The fraction of sp³-hybridized carbons (Fsp3) is 0.500. The Morgan fingerprint density at radius 2 is 2.06 bits per heavy atom. The SMILES string of the molecule is CC(C)C(CCl)NCc1cccc(Cl)c1F. The molecular formula is C12H16Cl2FN. The maximum Gasteiger partial charge on any atom is 0.146 e. The highest BCUT2D eigenvalue weighted by molar-refractivity contribution is 6.30. The minimum atomic E-state index is -0.353. The Morgan fingerprint density at radius 3 is 2.62 bits per heavy atom. The Bertz CT molecular complexity index is 342. The molecule has 0 heterocycles. The summed E-state index contributed by atoms with van der Waals surface area (Å²) in [5.74, 6) is 0.577. The topological polar surface area (TPSA) is 12.0 Å². The van der Waals surface area contributed by atoms with Gasteiger partial charge in [-0.15, -0.1) is 11.6 Å². The summed E-state index contributed by atoms with van der Waals surface area (Å²) >= 11 is 11.5. The average molecular weight is 264 g/mol. The third-order valence-electron chi connectivity index (χ3n) is 2.56. The summed E-state index contributed by atoms with van der Waals surface area (Å²) in [4.78, 5) is 0. The lowest BCUT2D eigenvalue weighted by atomic mass is 10.1. The third kappa shape index (κ3) is 3.62. The van der Waals surface area contributed by atoms with Crippen molar-refractivity contribution in [2.75, 3.05) is 5.88 Å². The summed E-state index contributed by atoms with van der Waals surface area (Å²) in [5.41, 5.74) is 0.572. The van der Waals surface area contributed by atoms with E-state index in [1.807, 2.05) is 0 Å². The van der Waals surface area contributed by atoms with Gasteiger partial charge < -0.3 is 5.32 Å². The monoisotopic (exact) mass is 263 g/mol. The summed E-state index contributed by atoms with van der Waals surface area (Å²) < 4.78 is 13.6. The quantitative estimate of drug-likeness (QED) is 0.797. The molecule has 1 unspecified atom stereocenters. The molecule has 16 heavy (non-hydrogen) atoms. The molecule has 1 nitrogen and oxygen atoms in total. The number of halogens is 3. The Morgan fingerprint density at radius 1 is 1.38 bits per heavy atom. The molecule has 1 N–H and O–H groups in total. The van der Waals surface area contributed by atoms with Crippen LogP contribution in [0.3, 0.4) is 0 Å². The van der Waals surface area contributed by atoms with Crippen molar-refractivity contribution in [3.63, 3.8) is 0 Å². The zero-order chi connectivity index (χ0) is 12.1. The van der Waals surface area contributed by atoms with Gasteiger partial charge in [-0.1, -0.05) is 37.6 Å². The van der Waals surface area contributed by atoms with Crippen LogP contribution in [-0.4, -0.2) is 11.9 Å². The van der Waals surface area contributed by atoms with Crippen LogP contribution in [0.2, 0.25) is 5.02 Å². The van der Waals surface area contributed by atoms with Crippen LogP contribution < -0.4 is 5.32 Å². The number of hydrogen-bond acceptors (Lipinski definition) is 1. The van der Waals surface area contributed by atoms with Crippen LogP contribution in [0.15, 0.2) is 18.2 Å². The Balaban J connectivity index is 2.64. The standard InChI is InChI=1S/C12H16Cl2FN/c1-8(2)11(6-13)16-7-9-4-3-5-10(14)12(9)15/h3-5,8,11,16H,6-7H2,1-2H3. The van der Waals surface area contributed by atoms with Crippen molar-refractivity contribution in [3.8, 4) is 0 Å². The van der Waals surface area contributed by atoms with Gasteiger partial charge in [0.25, 0.3) is 0 Å². The van der Waals surface area contributed by atoms with Crippen LogP contribution in [0.5, 0.6) is 0 Å². The Kier molecular flexibility index (Phi) is 5.53. The second-order valence-corrected chi connectivity index (χ2v) is 4.81. The molecule has 0 saturated carbocycles. The number of benzene rings is 1. The molecule has 0 fully saturated rings. The van der Waals surface area contributed by atoms with Gasteiger partial charge in [0.15, 0.2) is 0 Å². The molecule has 1 atom stereocenters. The second-order valence-electron chi connectivity index (χ2n) is 4.10. The van der Waals surface area contributed by atoms with Gasteiger partial charge in [0, 0.05) is 24.0 Å². The van der Waals surface area contributed by atoms with Crippen LogP contribution in [0, 0.1) is 11.7 Å². The lowest BCUT2D eigenvalue weighted by molar-refractivity contribution is 0.425. The molecule has 1 rings (SSSR count). The van der Waals surface area contributed by atoms with Gasteiger partial charge in [0.2, 0.25) is 0 Å². The Labute approximate surface area is 106 Å². The maximum atomic E-state index is 13.6. The minimum absolute atomic E-state index is 0.159. The molecule has 90 valence electrons. The summed E-state index contributed by atoms with van der Waals surface area (Å²) in [6.07, 6.45) is 0. The molecule has 0 amide bonds. The van der Waals surface area contributed by atoms with Gasteiger partial charge >= 0.3 is 0 Å². The van der Waals surface area contributed by atoms with Crippen molar-refractivity contribution < 1.29 is 4.39 Å². The summed E-state index contributed by atoms with van der Waals surface area (Å²) in [5, 5.41) is 3.38. The van der Waals surface area contributed by atoms with Crippen molar-refractivity contribution in [3.05, 3.63) is 34.6 Å². The van der Waals surface area contributed by atoms with Gasteiger partial charge in [-0.3, -0.25) is 0 Å². The maximum absolute atomic E-state index is 13.6. The summed E-state index contributed by atoms with van der Waals surface area (Å²) in [6.45, 7) is 4.60. The fourth-order valence-corrected chi connectivity index (χ4v) is 2.05. The number of alkyl halides is 1. The molecule has 0 aliphatic rings. The van der Waals surface area contributed by atoms with E-state index >= 15 is 0 Å². The Hall–Kier alpha value is -0.310. The van der Waals surface area contributed by atoms with Gasteiger partial charge in [-0.25, -0.2) is 4.39 Å². The van der Waals surface area contributed by atoms with Crippen molar-refractivity contribution in [2.45, 2.75) is 26.4 Å². The van der Waals surface area contributed by atoms with E-state index < -0.39 is 0 Å². The van der Waals surface area contributed by atoms with Gasteiger partial charge in [-0.05, 0) is 12.0 Å². The van der Waals surface area contributed by atoms with Crippen molar-refractivity contribution in [1.29, 1.82) is 0 Å². The van der Waals surface area contributed by atoms with E-state index in [0.29, 0.717) is 23.9 Å². The van der Waals surface area contributed by atoms with Gasteiger partial charge in [0.05, 0.1) is 5.02 Å². The summed E-state index contributed by atoms with van der Waals surface area (Å²) in [6, 6.07) is 5.19. The zero-order valence-electron chi connectivity index (χ0n) is 9.43. The van der Waals surface area contributed by atoms with Gasteiger partial charge in [-0.2, -0.15) is 0 Å². The zero-order valence-corrected chi connectivity index (χ0v) is 10.9. The lowest BCUT2D eigenvalue weighted by Crippen LogP contribution is -2.35. The smallest absolute Gasteiger partial charge is 0.146 e. The largest absolute Gasteiger partial charge is 0.308 e. The predicted octanol–water partition coefficient (Wildman–Crippen LogP) is 3.83. The number of hydrogen-bond donors (Lipinski definition) is 1. The molecule has 0 saturated heterocycles. The molecule has 0 aliphatic heterocycles. The number of rotatable bonds is 5. The van der Waals surface area contributed by atoms with Crippen LogP contribution in [-0.2, 0) is 6.54 Å². The van der Waals surface area contributed by atoms with Crippen LogP contribution in [0.1, 0.15) is 19.4 Å². The highest BCUT2D eigenvalue weighted by Crippen LogP contribution is 2.18. The van der Waals surface area contributed by atoms with E-state index in [1.54, 1.807) is 18.2 Å². The van der Waals surface area contributed by atoms with Crippen molar-refractivity contribution >= 4 is 23.2 Å². The molecule has 0 aliphatic carbocycles. The van der Waals surface area contributed by atoms with Gasteiger partial charge in [0.1, 0.15) is 5.82 Å². The first-order chi connectivity index (χ1) is 7.56. The van der Waals surface area contributed by atoms with E-state index in [4.69, 9.17) is 23.2 Å². The third-order valence-corrected chi connectivity index (χ3v) is 3.18. The fourth-order valence-electron chi connectivity index (χ4n) is 1.39. The van der Waals surface area contributed by atoms with E-state index in [2.05, 4.69) is 19.2 Å². The molecule has 0 radical (unpaired) electrons. The molecule has 0 aromatic heterocycles. The lowest BCUT2D eigenvalue weighted by Gasteiger charge is -2.20. The minimum Gasteiger partial charge on any atom is -0.308 e. The predicted molar refractivity (Wildman–Crippen MR) is 67.6 cm³/mol.